The normalized spacial score (nSPS) is 14.2. The van der Waals surface area contributed by atoms with Gasteiger partial charge in [0.2, 0.25) is 0 Å². The number of nitrogens with zero attached hydrogens (tertiary/aromatic N) is 2. The second kappa shape index (κ2) is 5.24. The molecule has 2 amide bonds. The molecule has 0 saturated heterocycles. The molecule has 0 atom stereocenters. The molecule has 0 unspecified atom stereocenters. The van der Waals surface area contributed by atoms with E-state index in [9.17, 15) is 9.59 Å². The van der Waals surface area contributed by atoms with E-state index in [4.69, 9.17) is 4.42 Å². The smallest absolute Gasteiger partial charge is 0.260 e. The second-order valence-electron chi connectivity index (χ2n) is 4.61. The van der Waals surface area contributed by atoms with Crippen LogP contribution in [0.5, 0.6) is 0 Å². The maximum absolute atomic E-state index is 12.1. The van der Waals surface area contributed by atoms with Gasteiger partial charge in [-0.2, -0.15) is 10.1 Å². The molecule has 1 N–H and O–H groups in total. The van der Waals surface area contributed by atoms with Crippen LogP contribution in [-0.2, 0) is 4.79 Å². The molecule has 3 rings (SSSR count). The van der Waals surface area contributed by atoms with Crippen molar-refractivity contribution in [3.63, 3.8) is 0 Å². The number of hydrogen-bond acceptors (Lipinski definition) is 4. The maximum Gasteiger partial charge on any atom is 0.260 e. The predicted octanol–water partition coefficient (Wildman–Crippen LogP) is 2.07. The molecule has 2 heterocycles. The summed E-state index contributed by atoms with van der Waals surface area (Å²) in [5.74, 6) is 0.343. The van der Waals surface area contributed by atoms with Gasteiger partial charge in [0, 0.05) is 0 Å². The minimum absolute atomic E-state index is 0.0670. The summed E-state index contributed by atoms with van der Waals surface area (Å²) in [5.41, 5.74) is 1.11. The maximum atomic E-state index is 12.1. The summed E-state index contributed by atoms with van der Waals surface area (Å²) in [6.07, 6.45) is 1.51. The Morgan fingerprint density at radius 3 is 2.71 bits per heavy atom. The van der Waals surface area contributed by atoms with Gasteiger partial charge < -0.3 is 9.73 Å². The number of nitrogens with one attached hydrogen (secondary N) is 1. The van der Waals surface area contributed by atoms with E-state index in [1.165, 1.54) is 11.3 Å². The van der Waals surface area contributed by atoms with Crippen molar-refractivity contribution < 1.29 is 14.0 Å². The number of benzene rings is 1. The molecule has 0 radical (unpaired) electrons. The van der Waals surface area contributed by atoms with E-state index in [0.29, 0.717) is 22.8 Å². The minimum atomic E-state index is -0.331. The summed E-state index contributed by atoms with van der Waals surface area (Å²) < 4.78 is 5.08. The number of amides is 2. The van der Waals surface area contributed by atoms with Crippen molar-refractivity contribution in [3.8, 4) is 0 Å². The third-order valence-corrected chi connectivity index (χ3v) is 3.14. The third kappa shape index (κ3) is 2.55. The van der Waals surface area contributed by atoms with Crippen LogP contribution >= 0.6 is 0 Å². The Morgan fingerprint density at radius 1 is 1.29 bits per heavy atom. The molecule has 1 aliphatic heterocycles. The van der Waals surface area contributed by atoms with Crippen LogP contribution in [0.3, 0.4) is 0 Å². The molecule has 6 nitrogen and oxygen atoms in total. The Bertz CT molecular complexity index is 719. The number of furan rings is 1. The van der Waals surface area contributed by atoms with E-state index in [1.54, 1.807) is 25.1 Å². The summed E-state index contributed by atoms with van der Waals surface area (Å²) in [6, 6.07) is 10.7. The predicted molar refractivity (Wildman–Crippen MR) is 76.9 cm³/mol. The lowest BCUT2D eigenvalue weighted by Gasteiger charge is -2.10. The molecule has 2 aromatic rings. The highest BCUT2D eigenvalue weighted by Gasteiger charge is 2.26. The van der Waals surface area contributed by atoms with Gasteiger partial charge in [-0.25, -0.2) is 0 Å². The fraction of sp³-hybridized carbons (Fsp3) is 0.133. The number of rotatable bonds is 2. The van der Waals surface area contributed by atoms with Crippen molar-refractivity contribution >= 4 is 23.3 Å². The zero-order valence-corrected chi connectivity index (χ0v) is 11.4. The van der Waals surface area contributed by atoms with Crippen molar-refractivity contribution in [2.75, 3.05) is 5.01 Å². The average Bonchev–Trinajstić information content (AvgIpc) is 3.06. The van der Waals surface area contributed by atoms with Crippen LogP contribution in [-0.4, -0.2) is 17.6 Å². The van der Waals surface area contributed by atoms with Gasteiger partial charge in [-0.05, 0) is 25.1 Å². The van der Waals surface area contributed by atoms with Crippen LogP contribution in [0.15, 0.2) is 52.2 Å². The van der Waals surface area contributed by atoms with Gasteiger partial charge in [0.1, 0.15) is 11.6 Å². The highest BCUT2D eigenvalue weighted by molar-refractivity contribution is 6.17. The van der Waals surface area contributed by atoms with Crippen LogP contribution in [0.1, 0.15) is 22.5 Å². The van der Waals surface area contributed by atoms with Gasteiger partial charge in [-0.1, -0.05) is 18.2 Å². The van der Waals surface area contributed by atoms with Gasteiger partial charge in [0.25, 0.3) is 11.8 Å². The zero-order valence-electron chi connectivity index (χ0n) is 11.4. The summed E-state index contributed by atoms with van der Waals surface area (Å²) >= 11 is 0. The van der Waals surface area contributed by atoms with Crippen molar-refractivity contribution in [2.45, 2.75) is 13.3 Å². The molecule has 6 heteroatoms. The lowest BCUT2D eigenvalue weighted by Crippen LogP contribution is -2.29. The molecule has 0 fully saturated rings. The first-order valence-electron chi connectivity index (χ1n) is 6.46. The Balaban J connectivity index is 1.77. The number of amidine groups is 1. The van der Waals surface area contributed by atoms with E-state index in [2.05, 4.69) is 10.4 Å². The summed E-state index contributed by atoms with van der Waals surface area (Å²) in [6.45, 7) is 1.70. The molecule has 106 valence electrons. The van der Waals surface area contributed by atoms with Gasteiger partial charge in [0.05, 0.1) is 23.9 Å². The quantitative estimate of drug-likeness (QED) is 0.916. The molecule has 1 aromatic carbocycles. The molecule has 0 saturated carbocycles. The Hall–Kier alpha value is -2.89. The van der Waals surface area contributed by atoms with Crippen LogP contribution in [0, 0.1) is 6.92 Å². The molecule has 21 heavy (non-hydrogen) atoms. The number of para-hydroxylation sites is 1. The summed E-state index contributed by atoms with van der Waals surface area (Å²) in [7, 11) is 0. The standard InChI is InChI=1S/C15H13N3O3/c1-10-12(7-8-21-10)15(20)16-13-9-14(19)18(17-13)11-5-3-2-4-6-11/h2-8H,9H2,1H3,(H,16,17,20). The average molecular weight is 283 g/mol. The molecule has 1 aromatic heterocycles. The van der Waals surface area contributed by atoms with Crippen molar-refractivity contribution in [3.05, 3.63) is 54.0 Å². The first kappa shape index (κ1) is 13.1. The molecule has 0 spiro atoms. The third-order valence-electron chi connectivity index (χ3n) is 3.14. The number of carbonyl (C=O) groups is 2. The molecule has 1 aliphatic rings. The molecule has 0 aliphatic carbocycles. The van der Waals surface area contributed by atoms with Crippen molar-refractivity contribution in [1.29, 1.82) is 0 Å². The molecule has 0 bridgehead atoms. The molecular weight excluding hydrogens is 270 g/mol. The largest absolute Gasteiger partial charge is 0.469 e. The lowest BCUT2D eigenvalue weighted by atomic mass is 10.2. The Labute approximate surface area is 121 Å². The van der Waals surface area contributed by atoms with Crippen LogP contribution < -0.4 is 10.3 Å². The van der Waals surface area contributed by atoms with Gasteiger partial charge in [0.15, 0.2) is 0 Å². The Kier molecular flexibility index (Phi) is 3.27. The number of carbonyl (C=O) groups excluding carboxylic acids is 2. The first-order chi connectivity index (χ1) is 10.1. The van der Waals surface area contributed by atoms with E-state index < -0.39 is 0 Å². The number of aryl methyl sites for hydroxylation is 1. The van der Waals surface area contributed by atoms with E-state index >= 15 is 0 Å². The number of anilines is 1. The fourth-order valence-electron chi connectivity index (χ4n) is 2.09. The van der Waals surface area contributed by atoms with Crippen LogP contribution in [0.2, 0.25) is 0 Å². The minimum Gasteiger partial charge on any atom is -0.469 e. The zero-order chi connectivity index (χ0) is 14.8. The second-order valence-corrected chi connectivity index (χ2v) is 4.61. The van der Waals surface area contributed by atoms with Crippen molar-refractivity contribution in [1.82, 2.24) is 5.32 Å². The highest BCUT2D eigenvalue weighted by Crippen LogP contribution is 2.19. The summed E-state index contributed by atoms with van der Waals surface area (Å²) in [5, 5.41) is 8.09. The SMILES string of the molecule is Cc1occc1C(=O)NC1=NN(c2ccccc2)C(=O)C1. The Morgan fingerprint density at radius 2 is 2.05 bits per heavy atom. The monoisotopic (exact) mass is 283 g/mol. The van der Waals surface area contributed by atoms with E-state index in [1.807, 2.05) is 18.2 Å². The number of hydrogen-bond donors (Lipinski definition) is 1. The van der Waals surface area contributed by atoms with Gasteiger partial charge in [-0.15, -0.1) is 0 Å². The lowest BCUT2D eigenvalue weighted by molar-refractivity contribution is -0.116. The van der Waals surface area contributed by atoms with Crippen LogP contribution in [0.4, 0.5) is 5.69 Å². The van der Waals surface area contributed by atoms with E-state index in [-0.39, 0.29) is 18.2 Å². The van der Waals surface area contributed by atoms with E-state index in [0.717, 1.165) is 0 Å². The van der Waals surface area contributed by atoms with Crippen molar-refractivity contribution in [2.24, 2.45) is 5.10 Å². The van der Waals surface area contributed by atoms with Crippen LogP contribution in [0.25, 0.3) is 0 Å². The van der Waals surface area contributed by atoms with Gasteiger partial charge in [-0.3, -0.25) is 9.59 Å². The highest BCUT2D eigenvalue weighted by atomic mass is 16.3. The first-order valence-corrected chi connectivity index (χ1v) is 6.46. The fourth-order valence-corrected chi connectivity index (χ4v) is 2.09. The molecular formula is C15H13N3O3. The number of hydrazone groups is 1. The van der Waals surface area contributed by atoms with Gasteiger partial charge >= 0.3 is 0 Å². The topological polar surface area (TPSA) is 74.9 Å². The summed E-state index contributed by atoms with van der Waals surface area (Å²) in [4.78, 5) is 24.0.